The number of aryl methyl sites for hydroxylation is 1. The molecule has 1 aromatic heterocycles. The van der Waals surface area contributed by atoms with Crippen LogP contribution < -0.4 is 20.1 Å². The number of ether oxygens (including phenoxy) is 2. The third-order valence-corrected chi connectivity index (χ3v) is 3.87. The van der Waals surface area contributed by atoms with Crippen molar-refractivity contribution in [3.05, 3.63) is 35.9 Å². The first-order valence-electron chi connectivity index (χ1n) is 9.07. The third kappa shape index (κ3) is 6.36. The average Bonchev–Trinajstić information content (AvgIpc) is 3.13. The van der Waals surface area contributed by atoms with Crippen LogP contribution >= 0.6 is 0 Å². The molecule has 1 aromatic carbocycles. The first kappa shape index (κ1) is 21.4. The van der Waals surface area contributed by atoms with Gasteiger partial charge in [0.15, 0.2) is 17.5 Å². The van der Waals surface area contributed by atoms with E-state index < -0.39 is 6.61 Å². The third-order valence-electron chi connectivity index (χ3n) is 3.87. The Morgan fingerprint density at radius 2 is 2.07 bits per heavy atom. The summed E-state index contributed by atoms with van der Waals surface area (Å²) < 4.78 is 36.6. The molecule has 2 N–H and O–H groups in total. The van der Waals surface area contributed by atoms with Crippen molar-refractivity contribution < 1.29 is 18.3 Å². The van der Waals surface area contributed by atoms with E-state index in [-0.39, 0.29) is 11.5 Å². The number of hydrogen-bond donors (Lipinski definition) is 2. The summed E-state index contributed by atoms with van der Waals surface area (Å²) in [5, 5.41) is 14.4. The van der Waals surface area contributed by atoms with Gasteiger partial charge in [-0.3, -0.25) is 0 Å². The zero-order valence-electron chi connectivity index (χ0n) is 16.3. The van der Waals surface area contributed by atoms with E-state index in [1.54, 1.807) is 18.5 Å². The predicted octanol–water partition coefficient (Wildman–Crippen LogP) is 2.21. The summed E-state index contributed by atoms with van der Waals surface area (Å²) in [6.45, 7) is 3.41. The highest BCUT2D eigenvalue weighted by Gasteiger charge is 2.11. The molecule has 28 heavy (non-hydrogen) atoms. The summed E-state index contributed by atoms with van der Waals surface area (Å²) in [6.07, 6.45) is 2.52. The molecule has 0 aliphatic carbocycles. The van der Waals surface area contributed by atoms with Gasteiger partial charge < -0.3 is 24.7 Å². The lowest BCUT2D eigenvalue weighted by Gasteiger charge is -2.13. The molecule has 0 fully saturated rings. The monoisotopic (exact) mass is 396 g/mol. The van der Waals surface area contributed by atoms with E-state index >= 15 is 0 Å². The summed E-state index contributed by atoms with van der Waals surface area (Å²) >= 11 is 0. The van der Waals surface area contributed by atoms with E-state index in [2.05, 4.69) is 30.6 Å². The van der Waals surface area contributed by atoms with Crippen molar-refractivity contribution in [1.82, 2.24) is 25.4 Å². The standard InChI is InChI=1S/C18H26F2N6O2/c1-4-16-25-24-12-26(16)9-8-22-18(21-5-2)23-11-13-6-7-14(27-3)15(10-13)28-17(19)20/h6-7,10,12,17H,4-5,8-9,11H2,1-3H3,(H2,21,22,23). The van der Waals surface area contributed by atoms with Gasteiger partial charge in [-0.25, -0.2) is 4.99 Å². The quantitative estimate of drug-likeness (QED) is 0.473. The van der Waals surface area contributed by atoms with Crippen LogP contribution in [0.25, 0.3) is 0 Å². The number of rotatable bonds is 10. The largest absolute Gasteiger partial charge is 0.493 e. The Morgan fingerprint density at radius 3 is 2.75 bits per heavy atom. The molecule has 154 valence electrons. The Labute approximate surface area is 163 Å². The number of aromatic nitrogens is 3. The minimum atomic E-state index is -2.92. The number of alkyl halides is 2. The van der Waals surface area contributed by atoms with Crippen LogP contribution in [0.5, 0.6) is 11.5 Å². The number of nitrogens with zero attached hydrogens (tertiary/aromatic N) is 4. The molecule has 0 amide bonds. The predicted molar refractivity (Wildman–Crippen MR) is 102 cm³/mol. The minimum absolute atomic E-state index is 0.0112. The lowest BCUT2D eigenvalue weighted by atomic mass is 10.2. The van der Waals surface area contributed by atoms with Gasteiger partial charge in [0.05, 0.1) is 13.7 Å². The normalized spacial score (nSPS) is 11.6. The van der Waals surface area contributed by atoms with Crippen molar-refractivity contribution in [2.24, 2.45) is 4.99 Å². The molecule has 0 spiro atoms. The van der Waals surface area contributed by atoms with E-state index in [0.29, 0.717) is 32.1 Å². The maximum atomic E-state index is 12.6. The maximum absolute atomic E-state index is 12.6. The van der Waals surface area contributed by atoms with E-state index in [1.165, 1.54) is 13.2 Å². The number of nitrogens with one attached hydrogen (secondary N) is 2. The van der Waals surface area contributed by atoms with Crippen molar-refractivity contribution in [2.75, 3.05) is 20.2 Å². The van der Waals surface area contributed by atoms with E-state index in [9.17, 15) is 8.78 Å². The molecule has 0 saturated heterocycles. The molecular formula is C18H26F2N6O2. The van der Waals surface area contributed by atoms with E-state index in [1.807, 2.05) is 18.4 Å². The molecule has 1 heterocycles. The van der Waals surface area contributed by atoms with Gasteiger partial charge in [-0.05, 0) is 24.6 Å². The summed E-state index contributed by atoms with van der Waals surface area (Å²) in [7, 11) is 1.40. The number of aliphatic imine (C=N–C) groups is 1. The highest BCUT2D eigenvalue weighted by atomic mass is 19.3. The molecular weight excluding hydrogens is 370 g/mol. The zero-order chi connectivity index (χ0) is 20.4. The first-order chi connectivity index (χ1) is 13.6. The fourth-order valence-electron chi connectivity index (χ4n) is 2.55. The van der Waals surface area contributed by atoms with E-state index in [0.717, 1.165) is 17.8 Å². The van der Waals surface area contributed by atoms with Crippen LogP contribution in [-0.2, 0) is 19.5 Å². The first-order valence-corrected chi connectivity index (χ1v) is 9.07. The Hall–Kier alpha value is -2.91. The van der Waals surface area contributed by atoms with E-state index in [4.69, 9.17) is 4.74 Å². The van der Waals surface area contributed by atoms with Gasteiger partial charge >= 0.3 is 6.61 Å². The molecule has 8 nitrogen and oxygen atoms in total. The van der Waals surface area contributed by atoms with Crippen LogP contribution in [0.3, 0.4) is 0 Å². The molecule has 2 rings (SSSR count). The molecule has 10 heteroatoms. The van der Waals surface area contributed by atoms with Crippen LogP contribution in [0.2, 0.25) is 0 Å². The molecule has 0 bridgehead atoms. The average molecular weight is 396 g/mol. The Morgan fingerprint density at radius 1 is 1.25 bits per heavy atom. The van der Waals surface area contributed by atoms with Gasteiger partial charge in [0.1, 0.15) is 12.2 Å². The number of benzene rings is 1. The van der Waals surface area contributed by atoms with Crippen molar-refractivity contribution in [2.45, 2.75) is 40.0 Å². The lowest BCUT2D eigenvalue weighted by Crippen LogP contribution is -2.38. The van der Waals surface area contributed by atoms with Crippen LogP contribution in [-0.4, -0.2) is 47.5 Å². The topological polar surface area (TPSA) is 85.6 Å². The van der Waals surface area contributed by atoms with Crippen molar-refractivity contribution in [3.63, 3.8) is 0 Å². The van der Waals surface area contributed by atoms with Crippen LogP contribution in [0.1, 0.15) is 25.2 Å². The SMILES string of the molecule is CCNC(=NCc1ccc(OC)c(OC(F)F)c1)NCCn1cnnc1CC. The highest BCUT2D eigenvalue weighted by molar-refractivity contribution is 5.79. The van der Waals surface area contributed by atoms with Crippen LogP contribution in [0.4, 0.5) is 8.78 Å². The lowest BCUT2D eigenvalue weighted by molar-refractivity contribution is -0.0512. The Kier molecular flexibility index (Phi) is 8.44. The summed E-state index contributed by atoms with van der Waals surface area (Å²) in [5.41, 5.74) is 0.723. The molecule has 0 saturated carbocycles. The van der Waals surface area contributed by atoms with Gasteiger partial charge in [-0.1, -0.05) is 13.0 Å². The summed E-state index contributed by atoms with van der Waals surface area (Å²) in [5.74, 6) is 1.79. The van der Waals surface area contributed by atoms with Crippen molar-refractivity contribution in [1.29, 1.82) is 0 Å². The smallest absolute Gasteiger partial charge is 0.387 e. The van der Waals surface area contributed by atoms with Gasteiger partial charge in [-0.2, -0.15) is 8.78 Å². The molecule has 0 aliphatic rings. The van der Waals surface area contributed by atoms with Crippen molar-refractivity contribution >= 4 is 5.96 Å². The number of halogens is 2. The summed E-state index contributed by atoms with van der Waals surface area (Å²) in [4.78, 5) is 4.49. The number of guanidine groups is 1. The second-order valence-corrected chi connectivity index (χ2v) is 5.78. The maximum Gasteiger partial charge on any atom is 0.387 e. The van der Waals surface area contributed by atoms with Crippen LogP contribution in [0.15, 0.2) is 29.5 Å². The van der Waals surface area contributed by atoms with Gasteiger partial charge in [0.25, 0.3) is 0 Å². The van der Waals surface area contributed by atoms with Gasteiger partial charge in [-0.15, -0.1) is 10.2 Å². The van der Waals surface area contributed by atoms with Gasteiger partial charge in [0.2, 0.25) is 0 Å². The second-order valence-electron chi connectivity index (χ2n) is 5.78. The van der Waals surface area contributed by atoms with Crippen molar-refractivity contribution in [3.8, 4) is 11.5 Å². The van der Waals surface area contributed by atoms with Gasteiger partial charge in [0, 0.05) is 26.1 Å². The summed E-state index contributed by atoms with van der Waals surface area (Å²) in [6, 6.07) is 4.85. The fraction of sp³-hybridized carbons (Fsp3) is 0.500. The highest BCUT2D eigenvalue weighted by Crippen LogP contribution is 2.29. The molecule has 0 aliphatic heterocycles. The zero-order valence-corrected chi connectivity index (χ0v) is 16.3. The molecule has 2 aromatic rings. The molecule has 0 unspecified atom stereocenters. The fourth-order valence-corrected chi connectivity index (χ4v) is 2.55. The molecule has 0 radical (unpaired) electrons. The second kappa shape index (κ2) is 11.1. The Bertz CT molecular complexity index is 766. The van der Waals surface area contributed by atoms with Crippen LogP contribution in [0, 0.1) is 0 Å². The minimum Gasteiger partial charge on any atom is -0.493 e. The number of methoxy groups -OCH3 is 1. The Balaban J connectivity index is 1.99. The number of hydrogen-bond acceptors (Lipinski definition) is 5. The molecule has 0 atom stereocenters.